The van der Waals surface area contributed by atoms with Crippen LogP contribution in [0.25, 0.3) is 0 Å². The maximum atomic E-state index is 12.6. The van der Waals surface area contributed by atoms with Gasteiger partial charge in [0.25, 0.3) is 0 Å². The van der Waals surface area contributed by atoms with Gasteiger partial charge in [0.1, 0.15) is 0 Å². The van der Waals surface area contributed by atoms with Crippen molar-refractivity contribution in [3.63, 3.8) is 0 Å². The normalized spacial score (nSPS) is 23.5. The number of rotatable bonds is 7. The van der Waals surface area contributed by atoms with Gasteiger partial charge in [-0.05, 0) is 38.8 Å². The third-order valence-electron chi connectivity index (χ3n) is 4.84. The molecular formula is C15H31N3O2S. The molecule has 0 bridgehead atoms. The molecule has 1 heterocycles. The molecule has 2 rings (SSSR count). The van der Waals surface area contributed by atoms with Gasteiger partial charge in [-0.1, -0.05) is 25.7 Å². The highest BCUT2D eigenvalue weighted by Gasteiger charge is 2.34. The fourth-order valence-corrected chi connectivity index (χ4v) is 5.46. The van der Waals surface area contributed by atoms with E-state index in [1.165, 1.54) is 19.3 Å². The van der Waals surface area contributed by atoms with Crippen molar-refractivity contribution < 1.29 is 8.42 Å². The van der Waals surface area contributed by atoms with E-state index < -0.39 is 10.0 Å². The second-order valence-corrected chi connectivity index (χ2v) is 8.61. The molecule has 124 valence electrons. The summed E-state index contributed by atoms with van der Waals surface area (Å²) < 4.78 is 27.0. The van der Waals surface area contributed by atoms with Gasteiger partial charge in [-0.25, -0.2) is 8.42 Å². The molecule has 0 amide bonds. The number of nitrogens with two attached hydrogens (primary N) is 1. The van der Waals surface area contributed by atoms with Crippen molar-refractivity contribution in [3.8, 4) is 0 Å². The maximum absolute atomic E-state index is 12.6. The molecule has 0 spiro atoms. The maximum Gasteiger partial charge on any atom is 0.217 e. The molecule has 0 radical (unpaired) electrons. The summed E-state index contributed by atoms with van der Waals surface area (Å²) >= 11 is 0. The lowest BCUT2D eigenvalue weighted by Gasteiger charge is -2.36. The number of nitrogens with zero attached hydrogens (tertiary/aromatic N) is 2. The van der Waals surface area contributed by atoms with E-state index in [1.54, 1.807) is 4.31 Å². The van der Waals surface area contributed by atoms with Crippen LogP contribution in [0.2, 0.25) is 0 Å². The van der Waals surface area contributed by atoms with Crippen molar-refractivity contribution in [3.05, 3.63) is 0 Å². The van der Waals surface area contributed by atoms with Crippen LogP contribution in [0.15, 0.2) is 0 Å². The monoisotopic (exact) mass is 317 g/mol. The molecule has 2 N–H and O–H groups in total. The summed E-state index contributed by atoms with van der Waals surface area (Å²) in [5.41, 5.74) is 5.50. The Bertz CT molecular complexity index is 386. The van der Waals surface area contributed by atoms with E-state index in [9.17, 15) is 8.42 Å². The molecule has 1 saturated carbocycles. The minimum absolute atomic E-state index is 0.109. The Labute approximate surface area is 129 Å². The predicted octanol–water partition coefficient (Wildman–Crippen LogP) is 1.40. The summed E-state index contributed by atoms with van der Waals surface area (Å²) in [6.45, 7) is 4.97. The van der Waals surface area contributed by atoms with Gasteiger partial charge in [0, 0.05) is 26.2 Å². The molecule has 21 heavy (non-hydrogen) atoms. The largest absolute Gasteiger partial charge is 0.330 e. The molecule has 2 aliphatic rings. The molecule has 0 aromatic heterocycles. The Morgan fingerprint density at radius 1 is 0.905 bits per heavy atom. The zero-order valence-corrected chi connectivity index (χ0v) is 14.0. The molecule has 5 nitrogen and oxygen atoms in total. The van der Waals surface area contributed by atoms with Crippen molar-refractivity contribution in [2.75, 3.05) is 39.3 Å². The van der Waals surface area contributed by atoms with E-state index in [4.69, 9.17) is 5.73 Å². The van der Waals surface area contributed by atoms with Crippen LogP contribution >= 0.6 is 0 Å². The van der Waals surface area contributed by atoms with Gasteiger partial charge in [0.05, 0.1) is 5.25 Å². The Morgan fingerprint density at radius 3 is 2.19 bits per heavy atom. The molecule has 1 saturated heterocycles. The van der Waals surface area contributed by atoms with Gasteiger partial charge in [-0.3, -0.25) is 0 Å². The van der Waals surface area contributed by atoms with E-state index in [-0.39, 0.29) is 5.25 Å². The number of hydrogen-bond donors (Lipinski definition) is 1. The molecule has 0 aromatic carbocycles. The van der Waals surface area contributed by atoms with Gasteiger partial charge in [0.15, 0.2) is 0 Å². The van der Waals surface area contributed by atoms with Gasteiger partial charge in [0.2, 0.25) is 10.0 Å². The van der Waals surface area contributed by atoms with Crippen molar-refractivity contribution in [1.82, 2.24) is 9.21 Å². The van der Waals surface area contributed by atoms with Crippen LogP contribution in [-0.4, -0.2) is 62.1 Å². The van der Waals surface area contributed by atoms with Crippen LogP contribution in [-0.2, 0) is 10.0 Å². The minimum Gasteiger partial charge on any atom is -0.330 e. The quantitative estimate of drug-likeness (QED) is 0.721. The lowest BCUT2D eigenvalue weighted by atomic mass is 10.0. The SMILES string of the molecule is NCCCCCN1CCN(S(=O)(=O)C2CCCCC2)CC1. The number of unbranched alkanes of at least 4 members (excludes halogenated alkanes) is 2. The Morgan fingerprint density at radius 2 is 1.57 bits per heavy atom. The summed E-state index contributed by atoms with van der Waals surface area (Å²) in [5, 5.41) is -0.109. The summed E-state index contributed by atoms with van der Waals surface area (Å²) in [7, 11) is -3.05. The van der Waals surface area contributed by atoms with Gasteiger partial charge in [-0.15, -0.1) is 0 Å². The van der Waals surface area contributed by atoms with Crippen molar-refractivity contribution >= 4 is 10.0 Å². The van der Waals surface area contributed by atoms with E-state index in [0.717, 1.165) is 58.3 Å². The first-order chi connectivity index (χ1) is 10.1. The van der Waals surface area contributed by atoms with Crippen LogP contribution in [0.1, 0.15) is 51.4 Å². The number of sulfonamides is 1. The second kappa shape index (κ2) is 8.46. The smallest absolute Gasteiger partial charge is 0.217 e. The number of piperazine rings is 1. The zero-order valence-electron chi connectivity index (χ0n) is 13.2. The fraction of sp³-hybridized carbons (Fsp3) is 1.00. The number of hydrogen-bond acceptors (Lipinski definition) is 4. The lowest BCUT2D eigenvalue weighted by molar-refractivity contribution is 0.184. The second-order valence-electron chi connectivity index (χ2n) is 6.39. The molecule has 1 aliphatic carbocycles. The summed E-state index contributed by atoms with van der Waals surface area (Å²) in [6.07, 6.45) is 8.52. The third kappa shape index (κ3) is 4.91. The Kier molecular flexibility index (Phi) is 6.92. The van der Waals surface area contributed by atoms with Crippen molar-refractivity contribution in [2.45, 2.75) is 56.6 Å². The predicted molar refractivity (Wildman–Crippen MR) is 86.7 cm³/mol. The molecule has 6 heteroatoms. The first kappa shape index (κ1) is 17.2. The summed E-state index contributed by atoms with van der Waals surface area (Å²) in [6, 6.07) is 0. The average Bonchev–Trinajstić information content (AvgIpc) is 2.53. The lowest BCUT2D eigenvalue weighted by Crippen LogP contribution is -2.51. The molecule has 0 atom stereocenters. The van der Waals surface area contributed by atoms with E-state index in [1.807, 2.05) is 0 Å². The highest BCUT2D eigenvalue weighted by atomic mass is 32.2. The highest BCUT2D eigenvalue weighted by Crippen LogP contribution is 2.26. The van der Waals surface area contributed by atoms with E-state index in [0.29, 0.717) is 13.1 Å². The van der Waals surface area contributed by atoms with Crippen LogP contribution in [0.3, 0.4) is 0 Å². The fourth-order valence-electron chi connectivity index (χ4n) is 3.44. The molecule has 1 aliphatic heterocycles. The third-order valence-corrected chi connectivity index (χ3v) is 7.24. The minimum atomic E-state index is -3.05. The Hall–Kier alpha value is -0.170. The molecule has 0 aromatic rings. The first-order valence-corrected chi connectivity index (χ1v) is 10.1. The van der Waals surface area contributed by atoms with Crippen molar-refractivity contribution in [2.24, 2.45) is 5.73 Å². The van der Waals surface area contributed by atoms with E-state index in [2.05, 4.69) is 4.90 Å². The average molecular weight is 317 g/mol. The van der Waals surface area contributed by atoms with Gasteiger partial charge in [-0.2, -0.15) is 4.31 Å². The highest BCUT2D eigenvalue weighted by molar-refractivity contribution is 7.89. The molecular weight excluding hydrogens is 286 g/mol. The van der Waals surface area contributed by atoms with Crippen LogP contribution < -0.4 is 5.73 Å². The molecule has 0 unspecified atom stereocenters. The summed E-state index contributed by atoms with van der Waals surface area (Å²) in [5.74, 6) is 0. The van der Waals surface area contributed by atoms with Gasteiger partial charge >= 0.3 is 0 Å². The van der Waals surface area contributed by atoms with Gasteiger partial charge < -0.3 is 10.6 Å². The van der Waals surface area contributed by atoms with Crippen LogP contribution in [0.5, 0.6) is 0 Å². The summed E-state index contributed by atoms with van der Waals surface area (Å²) in [4.78, 5) is 2.39. The Balaban J connectivity index is 1.74. The topological polar surface area (TPSA) is 66.6 Å². The van der Waals surface area contributed by atoms with Crippen LogP contribution in [0, 0.1) is 0 Å². The first-order valence-electron chi connectivity index (χ1n) is 8.56. The van der Waals surface area contributed by atoms with Crippen LogP contribution in [0.4, 0.5) is 0 Å². The zero-order chi connectivity index (χ0) is 15.1. The van der Waals surface area contributed by atoms with Crippen molar-refractivity contribution in [1.29, 1.82) is 0 Å². The molecule has 2 fully saturated rings. The standard InChI is InChI=1S/C15H31N3O2S/c16-9-5-2-6-10-17-11-13-18(14-12-17)21(19,20)15-7-3-1-4-8-15/h15H,1-14,16H2. The van der Waals surface area contributed by atoms with E-state index >= 15 is 0 Å².